The van der Waals surface area contributed by atoms with E-state index in [-0.39, 0.29) is 0 Å². The standard InChI is InChI=1S/C17H21ClN4/c18-13-5-3-12(4-6-13)17-20-15-7-9-22(11-16(15)21-17)14-2-1-8-19-10-14/h3-6,14,19H,1-2,7-11H2,(H,20,21)/t14-/m0/s1. The molecule has 1 fully saturated rings. The van der Waals surface area contributed by atoms with Crippen molar-refractivity contribution in [2.24, 2.45) is 0 Å². The van der Waals surface area contributed by atoms with Crippen molar-refractivity contribution in [3.05, 3.63) is 40.7 Å². The summed E-state index contributed by atoms with van der Waals surface area (Å²) in [5.74, 6) is 0.963. The molecule has 1 atom stereocenters. The molecule has 3 heterocycles. The summed E-state index contributed by atoms with van der Waals surface area (Å²) in [7, 11) is 0. The third-order valence-electron chi connectivity index (χ3n) is 4.77. The predicted molar refractivity (Wildman–Crippen MR) is 89.0 cm³/mol. The molecular formula is C17H21ClN4. The molecule has 2 N–H and O–H groups in total. The van der Waals surface area contributed by atoms with Crippen molar-refractivity contribution in [3.63, 3.8) is 0 Å². The molecule has 1 aromatic carbocycles. The van der Waals surface area contributed by atoms with Gasteiger partial charge in [-0.05, 0) is 43.7 Å². The van der Waals surface area contributed by atoms with Crippen LogP contribution >= 0.6 is 11.6 Å². The van der Waals surface area contributed by atoms with Gasteiger partial charge in [0.05, 0.1) is 11.4 Å². The number of nitrogens with zero attached hydrogens (tertiary/aromatic N) is 2. The molecule has 1 aromatic heterocycles. The number of piperidine rings is 1. The zero-order chi connectivity index (χ0) is 14.9. The number of aromatic nitrogens is 2. The summed E-state index contributed by atoms with van der Waals surface area (Å²) in [6.45, 7) is 4.39. The first kappa shape index (κ1) is 14.2. The highest BCUT2D eigenvalue weighted by atomic mass is 35.5. The third-order valence-corrected chi connectivity index (χ3v) is 5.02. The van der Waals surface area contributed by atoms with E-state index >= 15 is 0 Å². The van der Waals surface area contributed by atoms with Crippen molar-refractivity contribution in [2.45, 2.75) is 31.8 Å². The minimum atomic E-state index is 0.671. The van der Waals surface area contributed by atoms with Gasteiger partial charge in [0.1, 0.15) is 5.82 Å². The first-order valence-corrected chi connectivity index (χ1v) is 8.46. The SMILES string of the molecule is Clc1ccc(-c2nc3c([nH]2)CN([C@H]2CCCNC2)CC3)cc1. The summed E-state index contributed by atoms with van der Waals surface area (Å²) < 4.78 is 0. The second kappa shape index (κ2) is 6.03. The summed E-state index contributed by atoms with van der Waals surface area (Å²) in [5.41, 5.74) is 3.61. The van der Waals surface area contributed by atoms with Gasteiger partial charge in [0.2, 0.25) is 0 Å². The Kier molecular flexibility index (Phi) is 3.90. The van der Waals surface area contributed by atoms with Crippen LogP contribution in [0.15, 0.2) is 24.3 Å². The van der Waals surface area contributed by atoms with Crippen LogP contribution in [0.1, 0.15) is 24.2 Å². The van der Waals surface area contributed by atoms with Crippen LogP contribution in [0.4, 0.5) is 0 Å². The fourth-order valence-corrected chi connectivity index (χ4v) is 3.64. The Hall–Kier alpha value is -1.36. The van der Waals surface area contributed by atoms with Crippen molar-refractivity contribution < 1.29 is 0 Å². The van der Waals surface area contributed by atoms with E-state index in [0.717, 1.165) is 42.5 Å². The molecule has 4 rings (SSSR count). The molecule has 2 aliphatic heterocycles. The molecule has 22 heavy (non-hydrogen) atoms. The van der Waals surface area contributed by atoms with Gasteiger partial charge >= 0.3 is 0 Å². The number of nitrogens with one attached hydrogen (secondary N) is 2. The van der Waals surface area contributed by atoms with Crippen molar-refractivity contribution in [2.75, 3.05) is 19.6 Å². The van der Waals surface area contributed by atoms with Gasteiger partial charge in [-0.25, -0.2) is 4.98 Å². The fraction of sp³-hybridized carbons (Fsp3) is 0.471. The highest BCUT2D eigenvalue weighted by Gasteiger charge is 2.26. The number of halogens is 1. The Morgan fingerprint density at radius 1 is 1.23 bits per heavy atom. The maximum absolute atomic E-state index is 5.96. The lowest BCUT2D eigenvalue weighted by atomic mass is 10.0. The number of aromatic amines is 1. The minimum absolute atomic E-state index is 0.671. The lowest BCUT2D eigenvalue weighted by Gasteiger charge is -2.36. The van der Waals surface area contributed by atoms with Gasteiger partial charge in [-0.2, -0.15) is 0 Å². The monoisotopic (exact) mass is 316 g/mol. The molecule has 0 amide bonds. The minimum Gasteiger partial charge on any atom is -0.341 e. The Morgan fingerprint density at radius 3 is 2.86 bits per heavy atom. The molecule has 2 aromatic rings. The van der Waals surface area contributed by atoms with E-state index in [2.05, 4.69) is 15.2 Å². The van der Waals surface area contributed by atoms with Crippen molar-refractivity contribution in [1.29, 1.82) is 0 Å². The first-order valence-electron chi connectivity index (χ1n) is 8.08. The molecule has 5 heteroatoms. The van der Waals surface area contributed by atoms with E-state index in [0.29, 0.717) is 6.04 Å². The van der Waals surface area contributed by atoms with Crippen molar-refractivity contribution in [3.8, 4) is 11.4 Å². The molecule has 116 valence electrons. The number of imidazole rings is 1. The first-order chi connectivity index (χ1) is 10.8. The van der Waals surface area contributed by atoms with Gasteiger partial charge in [0.15, 0.2) is 0 Å². The van der Waals surface area contributed by atoms with Gasteiger partial charge in [0.25, 0.3) is 0 Å². The van der Waals surface area contributed by atoms with E-state index in [1.54, 1.807) is 0 Å². The van der Waals surface area contributed by atoms with Crippen LogP contribution in [0.25, 0.3) is 11.4 Å². The fourth-order valence-electron chi connectivity index (χ4n) is 3.52. The summed E-state index contributed by atoms with van der Waals surface area (Å²) in [4.78, 5) is 10.9. The van der Waals surface area contributed by atoms with Gasteiger partial charge in [-0.3, -0.25) is 4.90 Å². The molecule has 0 saturated carbocycles. The number of H-pyrrole nitrogens is 1. The van der Waals surface area contributed by atoms with Crippen molar-refractivity contribution >= 4 is 11.6 Å². The smallest absolute Gasteiger partial charge is 0.137 e. The molecule has 4 nitrogen and oxygen atoms in total. The lowest BCUT2D eigenvalue weighted by molar-refractivity contribution is 0.148. The van der Waals surface area contributed by atoms with E-state index in [1.807, 2.05) is 24.3 Å². The average Bonchev–Trinajstić information content (AvgIpc) is 2.99. The van der Waals surface area contributed by atoms with E-state index in [1.165, 1.54) is 30.8 Å². The Labute approximate surface area is 135 Å². The van der Waals surface area contributed by atoms with E-state index in [4.69, 9.17) is 16.6 Å². The van der Waals surface area contributed by atoms with Crippen LogP contribution in [-0.4, -0.2) is 40.5 Å². The summed E-state index contributed by atoms with van der Waals surface area (Å²) >= 11 is 5.96. The molecule has 0 bridgehead atoms. The Balaban J connectivity index is 1.54. The second-order valence-electron chi connectivity index (χ2n) is 6.24. The molecule has 0 spiro atoms. The number of hydrogen-bond donors (Lipinski definition) is 2. The topological polar surface area (TPSA) is 44.0 Å². The Bertz CT molecular complexity index is 643. The van der Waals surface area contributed by atoms with Crippen LogP contribution < -0.4 is 5.32 Å². The predicted octanol–water partition coefficient (Wildman–Crippen LogP) is 2.84. The quantitative estimate of drug-likeness (QED) is 0.895. The number of benzene rings is 1. The van der Waals surface area contributed by atoms with E-state index < -0.39 is 0 Å². The number of rotatable bonds is 2. The number of fused-ring (bicyclic) bond motifs is 1. The van der Waals surface area contributed by atoms with Crippen LogP contribution in [0, 0.1) is 0 Å². The van der Waals surface area contributed by atoms with Gasteiger partial charge in [-0.15, -0.1) is 0 Å². The Morgan fingerprint density at radius 2 is 2.09 bits per heavy atom. The lowest BCUT2D eigenvalue weighted by Crippen LogP contribution is -2.47. The summed E-state index contributed by atoms with van der Waals surface area (Å²) in [5, 5.41) is 4.27. The third kappa shape index (κ3) is 2.78. The molecule has 1 saturated heterocycles. The van der Waals surface area contributed by atoms with Gasteiger partial charge in [-0.1, -0.05) is 11.6 Å². The van der Waals surface area contributed by atoms with Gasteiger partial charge < -0.3 is 10.3 Å². The summed E-state index contributed by atoms with van der Waals surface area (Å²) in [6, 6.07) is 8.55. The molecule has 0 aliphatic carbocycles. The zero-order valence-electron chi connectivity index (χ0n) is 12.6. The normalized spacial score (nSPS) is 22.5. The maximum Gasteiger partial charge on any atom is 0.137 e. The second-order valence-corrected chi connectivity index (χ2v) is 6.67. The van der Waals surface area contributed by atoms with E-state index in [9.17, 15) is 0 Å². The maximum atomic E-state index is 5.96. The molecule has 2 aliphatic rings. The molecule has 0 unspecified atom stereocenters. The van der Waals surface area contributed by atoms with Crippen LogP contribution in [0.2, 0.25) is 5.02 Å². The zero-order valence-corrected chi connectivity index (χ0v) is 13.4. The van der Waals surface area contributed by atoms with Crippen LogP contribution in [0.3, 0.4) is 0 Å². The molecular weight excluding hydrogens is 296 g/mol. The summed E-state index contributed by atoms with van der Waals surface area (Å²) in [6.07, 6.45) is 3.63. The average molecular weight is 317 g/mol. The number of hydrogen-bond acceptors (Lipinski definition) is 3. The highest BCUT2D eigenvalue weighted by Crippen LogP contribution is 2.25. The van der Waals surface area contributed by atoms with Crippen LogP contribution in [-0.2, 0) is 13.0 Å². The molecule has 0 radical (unpaired) electrons. The van der Waals surface area contributed by atoms with Crippen LogP contribution in [0.5, 0.6) is 0 Å². The van der Waals surface area contributed by atoms with Gasteiger partial charge in [0, 0.05) is 42.7 Å². The van der Waals surface area contributed by atoms with Crippen molar-refractivity contribution in [1.82, 2.24) is 20.2 Å². The largest absolute Gasteiger partial charge is 0.341 e. The highest BCUT2D eigenvalue weighted by molar-refractivity contribution is 6.30.